The Kier molecular flexibility index (Phi) is 6.75. The molecule has 9 aromatic carbocycles. The molecule has 4 aromatic heterocycles. The van der Waals surface area contributed by atoms with Gasteiger partial charge in [-0.25, -0.2) is 15.0 Å². The summed E-state index contributed by atoms with van der Waals surface area (Å²) in [7, 11) is 0. The van der Waals surface area contributed by atoms with Gasteiger partial charge in [-0.3, -0.25) is 0 Å². The average molecular weight is 830 g/mol. The lowest BCUT2D eigenvalue weighted by molar-refractivity contribution is 0.668. The minimum atomic E-state index is -0.347. The number of hydrogen-bond acceptors (Lipinski definition) is 6. The van der Waals surface area contributed by atoms with Crippen LogP contribution in [-0.2, 0) is 0 Å². The maximum absolute atomic E-state index is 9.74. The molecule has 0 saturated carbocycles. The van der Waals surface area contributed by atoms with Crippen molar-refractivity contribution in [2.75, 3.05) is 0 Å². The Bertz CT molecular complexity index is 4270. The van der Waals surface area contributed by atoms with Crippen molar-refractivity contribution in [3.8, 4) is 67.5 Å². The normalized spacial score (nSPS) is 13.1. The number of furan rings is 2. The van der Waals surface area contributed by atoms with Gasteiger partial charge in [0.1, 0.15) is 22.3 Å². The Morgan fingerprint density at radius 1 is 0.365 bits per heavy atom. The Labute approximate surface area is 373 Å². The van der Waals surface area contributed by atoms with Crippen molar-refractivity contribution in [1.29, 1.82) is 0 Å². The minimum Gasteiger partial charge on any atom is -0.456 e. The van der Waals surface area contributed by atoms with E-state index in [0.29, 0.717) is 33.7 Å². The summed E-state index contributed by atoms with van der Waals surface area (Å²) in [4.78, 5) is 14.9. The zero-order valence-corrected chi connectivity index (χ0v) is 34.0. The lowest BCUT2D eigenvalue weighted by atomic mass is 9.97. The number of rotatable bonds is 6. The molecule has 0 radical (unpaired) electrons. The molecule has 294 valence electrons. The van der Waals surface area contributed by atoms with E-state index in [4.69, 9.17) is 26.5 Å². The highest BCUT2D eigenvalue weighted by atomic mass is 32.1. The number of benzene rings is 9. The first-order chi connectivity index (χ1) is 33.7. The summed E-state index contributed by atoms with van der Waals surface area (Å²) in [5, 5.41) is 4.13. The third-order valence-electron chi connectivity index (χ3n) is 11.7. The molecule has 6 heteroatoms. The molecule has 63 heavy (non-hydrogen) atoms. The van der Waals surface area contributed by atoms with Crippen molar-refractivity contribution in [2.24, 2.45) is 0 Å². The van der Waals surface area contributed by atoms with E-state index in [9.17, 15) is 5.48 Å². The van der Waals surface area contributed by atoms with Gasteiger partial charge in [-0.05, 0) is 100 Å². The molecule has 0 aliphatic heterocycles. The van der Waals surface area contributed by atoms with E-state index in [1.165, 1.54) is 0 Å². The van der Waals surface area contributed by atoms with Gasteiger partial charge in [-0.15, -0.1) is 11.3 Å². The smallest absolute Gasteiger partial charge is 0.164 e. The molecule has 0 aliphatic rings. The summed E-state index contributed by atoms with van der Waals surface area (Å²) in [6.45, 7) is 0. The van der Waals surface area contributed by atoms with E-state index in [-0.39, 0.29) is 75.4 Å². The van der Waals surface area contributed by atoms with Crippen molar-refractivity contribution in [1.82, 2.24) is 15.0 Å². The summed E-state index contributed by atoms with van der Waals surface area (Å²) in [5.74, 6) is 0.555. The standard InChI is InChI=1S/C57H33N3O2S/c1-3-10-34(11-4-1)36-18-20-37(21-19-36)55-58-56(40-24-28-48-46(31-40)43-26-22-38(32-50(43)61-48)35-12-5-2-6-13-35)60-57(59-55)41-23-27-45-51(33-41)62-49-16-9-15-42(54(45)49)39-25-29-53-47(30-39)44-14-7-8-17-52(44)63-53/h1-33H/i9D,15D,16D,23D,27D,33D. The number of hydrogen-bond donors (Lipinski definition) is 0. The van der Waals surface area contributed by atoms with Crippen LogP contribution in [0.2, 0.25) is 0 Å². The molecule has 0 atom stereocenters. The highest BCUT2D eigenvalue weighted by Gasteiger charge is 2.19. The van der Waals surface area contributed by atoms with Gasteiger partial charge in [-0.2, -0.15) is 0 Å². The summed E-state index contributed by atoms with van der Waals surface area (Å²) < 4.78 is 71.0. The van der Waals surface area contributed by atoms with Crippen LogP contribution < -0.4 is 0 Å². The average Bonchev–Trinajstić information content (AvgIpc) is 4.09. The Morgan fingerprint density at radius 2 is 0.984 bits per heavy atom. The molecule has 0 saturated heterocycles. The monoisotopic (exact) mass is 829 g/mol. The van der Waals surface area contributed by atoms with Crippen LogP contribution in [0.15, 0.2) is 209 Å². The fourth-order valence-corrected chi connectivity index (χ4v) is 9.66. The number of aromatic nitrogens is 3. The minimum absolute atomic E-state index is 0.0129. The van der Waals surface area contributed by atoms with Gasteiger partial charge in [0.15, 0.2) is 17.5 Å². The maximum atomic E-state index is 9.74. The van der Waals surface area contributed by atoms with Gasteiger partial charge in [0.25, 0.3) is 0 Å². The van der Waals surface area contributed by atoms with Crippen molar-refractivity contribution < 1.29 is 17.1 Å². The zero-order chi connectivity index (χ0) is 46.7. The van der Waals surface area contributed by atoms with E-state index < -0.39 is 0 Å². The van der Waals surface area contributed by atoms with Crippen molar-refractivity contribution in [2.45, 2.75) is 0 Å². The third kappa shape index (κ3) is 6.03. The molecule has 4 heterocycles. The van der Waals surface area contributed by atoms with Crippen LogP contribution >= 0.6 is 11.3 Å². The van der Waals surface area contributed by atoms with Gasteiger partial charge in [0.05, 0.1) is 8.22 Å². The summed E-state index contributed by atoms with van der Waals surface area (Å²) >= 11 is 1.66. The van der Waals surface area contributed by atoms with Crippen LogP contribution in [0.25, 0.3) is 132 Å². The molecule has 0 bridgehead atoms. The van der Waals surface area contributed by atoms with Gasteiger partial charge in [-0.1, -0.05) is 133 Å². The van der Waals surface area contributed by atoms with Gasteiger partial charge >= 0.3 is 0 Å². The number of fused-ring (bicyclic) bond motifs is 9. The zero-order valence-electron chi connectivity index (χ0n) is 39.2. The van der Waals surface area contributed by atoms with E-state index >= 15 is 0 Å². The molecular formula is C57H33N3O2S. The quantitative estimate of drug-likeness (QED) is 0.167. The first kappa shape index (κ1) is 29.9. The summed E-state index contributed by atoms with van der Waals surface area (Å²) in [6, 6.07) is 52.0. The van der Waals surface area contributed by atoms with Gasteiger partial charge < -0.3 is 8.83 Å². The van der Waals surface area contributed by atoms with Crippen LogP contribution in [0.3, 0.4) is 0 Å². The van der Waals surface area contributed by atoms with Crippen molar-refractivity contribution in [3.63, 3.8) is 0 Å². The fourth-order valence-electron chi connectivity index (χ4n) is 8.57. The molecule has 0 N–H and O–H groups in total. The summed E-state index contributed by atoms with van der Waals surface area (Å²) in [5.41, 5.74) is 7.61. The van der Waals surface area contributed by atoms with Crippen molar-refractivity contribution >= 4 is 75.4 Å². The first-order valence-electron chi connectivity index (χ1n) is 23.5. The topological polar surface area (TPSA) is 65.0 Å². The Balaban J connectivity index is 1.01. The molecule has 5 nitrogen and oxygen atoms in total. The second kappa shape index (κ2) is 14.2. The SMILES string of the molecule is [2H]c1c([2H])c(-c2ccc3sc4ccccc4c3c2)c2c(oc3c([2H])c(-c4nc(-c5ccc(-c6ccccc6)cc5)nc(-c5ccc6oc7cc(-c8ccccc8)ccc7c6c5)n4)c([2H])c([2H])c32)c1[2H]. The largest absolute Gasteiger partial charge is 0.456 e. The Morgan fingerprint density at radius 3 is 1.81 bits per heavy atom. The molecule has 0 spiro atoms. The second-order valence-corrected chi connectivity index (χ2v) is 16.5. The van der Waals surface area contributed by atoms with Crippen LogP contribution in [0.1, 0.15) is 8.22 Å². The summed E-state index contributed by atoms with van der Waals surface area (Å²) in [6.07, 6.45) is 0. The molecule has 0 amide bonds. The molecule has 13 aromatic rings. The lowest BCUT2D eigenvalue weighted by Crippen LogP contribution is -2.00. The van der Waals surface area contributed by atoms with Gasteiger partial charge in [0, 0.05) is 58.4 Å². The number of thiophene rings is 1. The predicted molar refractivity (Wildman–Crippen MR) is 260 cm³/mol. The van der Waals surface area contributed by atoms with Crippen LogP contribution in [0.4, 0.5) is 0 Å². The predicted octanol–water partition coefficient (Wildman–Crippen LogP) is 16.0. The van der Waals surface area contributed by atoms with Crippen LogP contribution in [0.5, 0.6) is 0 Å². The van der Waals surface area contributed by atoms with E-state index in [0.717, 1.165) is 58.8 Å². The fraction of sp³-hybridized carbons (Fsp3) is 0. The van der Waals surface area contributed by atoms with Gasteiger partial charge in [0.2, 0.25) is 0 Å². The van der Waals surface area contributed by atoms with E-state index in [2.05, 4.69) is 24.3 Å². The Hall–Kier alpha value is -8.19. The lowest BCUT2D eigenvalue weighted by Gasteiger charge is -2.09. The number of nitrogens with zero attached hydrogens (tertiary/aromatic N) is 3. The highest BCUT2D eigenvalue weighted by molar-refractivity contribution is 7.25. The molecule has 13 rings (SSSR count). The first-order valence-corrected chi connectivity index (χ1v) is 21.3. The highest BCUT2D eigenvalue weighted by Crippen LogP contribution is 2.42. The third-order valence-corrected chi connectivity index (χ3v) is 12.8. The van der Waals surface area contributed by atoms with E-state index in [1.54, 1.807) is 11.3 Å². The second-order valence-electron chi connectivity index (χ2n) is 15.5. The van der Waals surface area contributed by atoms with E-state index in [1.807, 2.05) is 140 Å². The molecule has 0 fully saturated rings. The maximum Gasteiger partial charge on any atom is 0.164 e. The van der Waals surface area contributed by atoms with Crippen LogP contribution in [-0.4, -0.2) is 15.0 Å². The van der Waals surface area contributed by atoms with Crippen LogP contribution in [0, 0.1) is 0 Å². The molecule has 0 unspecified atom stereocenters. The molecule has 0 aliphatic carbocycles. The van der Waals surface area contributed by atoms with Crippen molar-refractivity contribution in [3.05, 3.63) is 200 Å². The molecular weight excluding hydrogens is 791 g/mol.